The Morgan fingerprint density at radius 1 is 1.09 bits per heavy atom. The second-order valence-corrected chi connectivity index (χ2v) is 4.84. The number of allylic oxidation sites excluding steroid dienone is 1. The molecule has 0 amide bonds. The van der Waals surface area contributed by atoms with Gasteiger partial charge in [0.1, 0.15) is 6.61 Å². The van der Waals surface area contributed by atoms with Crippen LogP contribution in [0, 0.1) is 11.8 Å². The molecule has 0 heterocycles. The molecule has 0 aliphatic carbocycles. The number of rotatable bonds is 7. The summed E-state index contributed by atoms with van der Waals surface area (Å²) in [5, 5.41) is 0. The second-order valence-electron chi connectivity index (χ2n) is 4.84. The van der Waals surface area contributed by atoms with Gasteiger partial charge in [-0.15, -0.1) is 0 Å². The third-order valence-corrected chi connectivity index (χ3v) is 2.91. The smallest absolute Gasteiger partial charge is 0.236 e. The van der Waals surface area contributed by atoms with Crippen LogP contribution in [0.2, 0.25) is 0 Å². The average Bonchev–Trinajstić information content (AvgIpc) is 2.55. The molecular weight excluding hydrogens is 296 g/mol. The molecule has 1 aromatic carbocycles. The van der Waals surface area contributed by atoms with Gasteiger partial charge >= 0.3 is 0 Å². The summed E-state index contributed by atoms with van der Waals surface area (Å²) in [4.78, 5) is 12.1. The summed E-state index contributed by atoms with van der Waals surface area (Å²) in [6.07, 6.45) is 1.95. The molecule has 5 heteroatoms. The molecule has 1 aromatic rings. The third kappa shape index (κ3) is 5.68. The Hall–Kier alpha value is -2.45. The first-order valence-corrected chi connectivity index (χ1v) is 7.07. The first-order valence-electron chi connectivity index (χ1n) is 7.07. The fourth-order valence-corrected chi connectivity index (χ4v) is 1.74. The second kappa shape index (κ2) is 9.54. The number of ketones is 1. The molecule has 1 rings (SSSR count). The monoisotopic (exact) mass is 318 g/mol. The quantitative estimate of drug-likeness (QED) is 0.254. The predicted octanol–water partition coefficient (Wildman–Crippen LogP) is 2.88. The number of methoxy groups -OCH3 is 3. The van der Waals surface area contributed by atoms with Gasteiger partial charge < -0.3 is 18.9 Å². The van der Waals surface area contributed by atoms with Crippen LogP contribution in [0.4, 0.5) is 0 Å². The Kier molecular flexibility index (Phi) is 7.72. The van der Waals surface area contributed by atoms with Crippen molar-refractivity contribution in [1.82, 2.24) is 0 Å². The van der Waals surface area contributed by atoms with Crippen molar-refractivity contribution in [3.05, 3.63) is 29.3 Å². The fourth-order valence-electron chi connectivity index (χ4n) is 1.74. The normalized spacial score (nSPS) is 9.43. The number of hydrogen-bond donors (Lipinski definition) is 0. The highest BCUT2D eigenvalue weighted by atomic mass is 16.5. The van der Waals surface area contributed by atoms with Crippen LogP contribution in [0.1, 0.15) is 24.2 Å². The van der Waals surface area contributed by atoms with Gasteiger partial charge in [0.15, 0.2) is 11.5 Å². The lowest BCUT2D eigenvalue weighted by molar-refractivity contribution is 0.105. The number of ether oxygens (including phenoxy) is 4. The Morgan fingerprint density at radius 2 is 1.70 bits per heavy atom. The molecule has 5 nitrogen and oxygen atoms in total. The van der Waals surface area contributed by atoms with Crippen molar-refractivity contribution in [2.45, 2.75) is 13.8 Å². The molecule has 23 heavy (non-hydrogen) atoms. The predicted molar refractivity (Wildman–Crippen MR) is 88.5 cm³/mol. The maximum Gasteiger partial charge on any atom is 0.236 e. The molecule has 0 radical (unpaired) electrons. The van der Waals surface area contributed by atoms with Crippen LogP contribution in [0.5, 0.6) is 17.2 Å². The molecule has 0 aliphatic rings. The Morgan fingerprint density at radius 3 is 2.17 bits per heavy atom. The minimum atomic E-state index is -0.338. The van der Waals surface area contributed by atoms with E-state index in [1.54, 1.807) is 12.1 Å². The van der Waals surface area contributed by atoms with Crippen molar-refractivity contribution in [3.8, 4) is 29.1 Å². The van der Waals surface area contributed by atoms with Crippen molar-refractivity contribution >= 4 is 5.78 Å². The standard InChI is InChI=1S/C18H22O5/c1-13(2)8-10-23-9-6-7-15(19)14-11-16(20-3)18(22-5)17(12-14)21-4/h8,11-12H,9-10H2,1-5H3. The van der Waals surface area contributed by atoms with E-state index in [1.165, 1.54) is 26.9 Å². The van der Waals surface area contributed by atoms with E-state index in [4.69, 9.17) is 18.9 Å². The molecule has 0 aliphatic heterocycles. The number of benzene rings is 1. The van der Waals surface area contributed by atoms with Gasteiger partial charge in [-0.25, -0.2) is 0 Å². The molecule has 0 N–H and O–H groups in total. The fraction of sp³-hybridized carbons (Fsp3) is 0.389. The van der Waals surface area contributed by atoms with Gasteiger partial charge in [0, 0.05) is 5.56 Å². The maximum atomic E-state index is 12.1. The van der Waals surface area contributed by atoms with E-state index >= 15 is 0 Å². The maximum absolute atomic E-state index is 12.1. The molecule has 0 spiro atoms. The van der Waals surface area contributed by atoms with Crippen molar-refractivity contribution in [2.24, 2.45) is 0 Å². The Labute approximate surface area is 137 Å². The van der Waals surface area contributed by atoms with Crippen molar-refractivity contribution in [3.63, 3.8) is 0 Å². The van der Waals surface area contributed by atoms with Crippen molar-refractivity contribution < 1.29 is 23.7 Å². The van der Waals surface area contributed by atoms with Crippen LogP contribution in [-0.2, 0) is 4.74 Å². The lowest BCUT2D eigenvalue weighted by atomic mass is 10.1. The molecule has 0 bridgehead atoms. The lowest BCUT2D eigenvalue weighted by Crippen LogP contribution is -2.01. The number of hydrogen-bond acceptors (Lipinski definition) is 5. The Bertz CT molecular complexity index is 606. The molecule has 124 valence electrons. The number of Topliss-reactive ketones (excluding diaryl/α,β-unsaturated/α-hetero) is 1. The van der Waals surface area contributed by atoms with Gasteiger partial charge in [-0.05, 0) is 31.9 Å². The zero-order valence-electron chi connectivity index (χ0n) is 14.2. The molecule has 0 saturated carbocycles. The first kappa shape index (κ1) is 18.6. The summed E-state index contributed by atoms with van der Waals surface area (Å²) >= 11 is 0. The molecular formula is C18H22O5. The van der Waals surface area contributed by atoms with Crippen molar-refractivity contribution in [2.75, 3.05) is 34.5 Å². The van der Waals surface area contributed by atoms with Crippen LogP contribution in [0.25, 0.3) is 0 Å². The van der Waals surface area contributed by atoms with E-state index in [1.807, 2.05) is 19.9 Å². The van der Waals surface area contributed by atoms with Crippen LogP contribution in [-0.4, -0.2) is 40.3 Å². The van der Waals surface area contributed by atoms with E-state index < -0.39 is 0 Å². The van der Waals surface area contributed by atoms with Crippen molar-refractivity contribution in [1.29, 1.82) is 0 Å². The number of carbonyl (C=O) groups is 1. The van der Waals surface area contributed by atoms with E-state index in [2.05, 4.69) is 11.8 Å². The summed E-state index contributed by atoms with van der Waals surface area (Å²) in [7, 11) is 4.49. The topological polar surface area (TPSA) is 54.0 Å². The highest BCUT2D eigenvalue weighted by Crippen LogP contribution is 2.38. The molecule has 0 fully saturated rings. The Balaban J connectivity index is 2.83. The van der Waals surface area contributed by atoms with E-state index in [-0.39, 0.29) is 12.4 Å². The molecule has 0 atom stereocenters. The average molecular weight is 318 g/mol. The molecule has 0 saturated heterocycles. The minimum Gasteiger partial charge on any atom is -0.493 e. The SMILES string of the molecule is COc1cc(C(=O)C#CCOCC=C(C)C)cc(OC)c1OC. The number of carbonyl (C=O) groups excluding carboxylic acids is 1. The largest absolute Gasteiger partial charge is 0.493 e. The first-order chi connectivity index (χ1) is 11.0. The van der Waals surface area contributed by atoms with Crippen LogP contribution in [0.3, 0.4) is 0 Å². The summed E-state index contributed by atoms with van der Waals surface area (Å²) < 4.78 is 20.9. The van der Waals surface area contributed by atoms with Gasteiger partial charge in [0.2, 0.25) is 11.5 Å². The summed E-state index contributed by atoms with van der Waals surface area (Å²) in [6, 6.07) is 3.14. The highest BCUT2D eigenvalue weighted by Gasteiger charge is 2.15. The summed E-state index contributed by atoms with van der Waals surface area (Å²) in [5.41, 5.74) is 1.54. The molecule has 0 aromatic heterocycles. The van der Waals surface area contributed by atoms with Gasteiger partial charge in [0.05, 0.1) is 27.9 Å². The van der Waals surface area contributed by atoms with E-state index in [9.17, 15) is 4.79 Å². The van der Waals surface area contributed by atoms with Crippen LogP contribution in [0.15, 0.2) is 23.8 Å². The van der Waals surface area contributed by atoms with Gasteiger partial charge in [-0.1, -0.05) is 17.6 Å². The molecule has 0 unspecified atom stereocenters. The van der Waals surface area contributed by atoms with E-state index in [0.717, 1.165) is 0 Å². The van der Waals surface area contributed by atoms with Crippen LogP contribution < -0.4 is 14.2 Å². The summed E-state index contributed by atoms with van der Waals surface area (Å²) in [6.45, 7) is 4.65. The third-order valence-electron chi connectivity index (χ3n) is 2.91. The van der Waals surface area contributed by atoms with Gasteiger partial charge in [-0.3, -0.25) is 4.79 Å². The lowest BCUT2D eigenvalue weighted by Gasteiger charge is -2.12. The summed E-state index contributed by atoms with van der Waals surface area (Å²) in [5.74, 6) is 6.16. The van der Waals surface area contributed by atoms with Gasteiger partial charge in [0.25, 0.3) is 0 Å². The zero-order chi connectivity index (χ0) is 17.2. The minimum absolute atomic E-state index is 0.194. The van der Waals surface area contributed by atoms with Gasteiger partial charge in [-0.2, -0.15) is 0 Å². The zero-order valence-corrected chi connectivity index (χ0v) is 14.2. The van der Waals surface area contributed by atoms with E-state index in [0.29, 0.717) is 29.4 Å². The van der Waals surface area contributed by atoms with Crippen LogP contribution >= 0.6 is 0 Å². The highest BCUT2D eigenvalue weighted by molar-refractivity contribution is 6.09.